The monoisotopic (exact) mass is 496 g/mol. The van der Waals surface area contributed by atoms with Crippen molar-refractivity contribution in [3.8, 4) is 6.01 Å². The number of ether oxygens (including phenoxy) is 3. The Morgan fingerprint density at radius 3 is 2.43 bits per heavy atom. The van der Waals surface area contributed by atoms with Crippen LogP contribution in [-0.4, -0.2) is 86.7 Å². The maximum absolute atomic E-state index is 13.0. The lowest BCUT2D eigenvalue weighted by molar-refractivity contribution is -0.137. The van der Waals surface area contributed by atoms with Gasteiger partial charge in [-0.1, -0.05) is 6.07 Å². The number of nitrogens with one attached hydrogen (secondary N) is 2. The van der Waals surface area contributed by atoms with Gasteiger partial charge in [0.2, 0.25) is 0 Å². The Kier molecular flexibility index (Phi) is 8.21. The molecule has 2 amide bonds. The molecule has 13 heteroatoms. The van der Waals surface area contributed by atoms with Gasteiger partial charge >= 0.3 is 18.2 Å². The number of aromatic nitrogens is 2. The molecule has 2 saturated heterocycles. The molecule has 1 aromatic carbocycles. The lowest BCUT2D eigenvalue weighted by Gasteiger charge is -2.28. The van der Waals surface area contributed by atoms with Gasteiger partial charge in [-0.3, -0.25) is 10.2 Å². The molecular weight excluding hydrogens is 469 g/mol. The molecule has 0 aliphatic carbocycles. The molecule has 10 nitrogen and oxygen atoms in total. The Balaban J connectivity index is 1.43. The number of halogens is 3. The van der Waals surface area contributed by atoms with Gasteiger partial charge < -0.3 is 24.4 Å². The first-order valence-corrected chi connectivity index (χ1v) is 11.3. The van der Waals surface area contributed by atoms with Gasteiger partial charge in [0.05, 0.1) is 32.0 Å². The smallest absolute Gasteiger partial charge is 0.416 e. The zero-order valence-electron chi connectivity index (χ0n) is 19.0. The van der Waals surface area contributed by atoms with Crippen LogP contribution in [0.15, 0.2) is 30.3 Å². The van der Waals surface area contributed by atoms with Gasteiger partial charge in [0.25, 0.3) is 0 Å². The van der Waals surface area contributed by atoms with Crippen LogP contribution < -0.4 is 20.3 Å². The molecule has 1 aromatic heterocycles. The molecule has 0 radical (unpaired) electrons. The zero-order chi connectivity index (χ0) is 24.7. The van der Waals surface area contributed by atoms with Gasteiger partial charge in [-0.05, 0) is 18.2 Å². The van der Waals surface area contributed by atoms with E-state index in [9.17, 15) is 18.0 Å². The molecule has 35 heavy (non-hydrogen) atoms. The molecule has 2 aliphatic rings. The molecule has 2 aromatic rings. The van der Waals surface area contributed by atoms with E-state index in [1.54, 1.807) is 6.07 Å². The van der Waals surface area contributed by atoms with E-state index in [4.69, 9.17) is 14.2 Å². The SMILES string of the molecule is O=C(Nc1cccc(C(F)(F)F)c1)Nc1cc(N2CCOCC2)nc(OCCN2CCOCC2)n1. The van der Waals surface area contributed by atoms with E-state index in [1.807, 2.05) is 4.90 Å². The van der Waals surface area contributed by atoms with Crippen molar-refractivity contribution in [2.75, 3.05) is 81.3 Å². The van der Waals surface area contributed by atoms with Crippen molar-refractivity contribution in [2.24, 2.45) is 0 Å². The summed E-state index contributed by atoms with van der Waals surface area (Å²) in [6.07, 6.45) is -4.51. The largest absolute Gasteiger partial charge is 0.462 e. The molecule has 0 saturated carbocycles. The summed E-state index contributed by atoms with van der Waals surface area (Å²) in [4.78, 5) is 25.4. The van der Waals surface area contributed by atoms with Crippen molar-refractivity contribution >= 4 is 23.4 Å². The number of nitrogens with zero attached hydrogens (tertiary/aromatic N) is 4. The fourth-order valence-electron chi connectivity index (χ4n) is 3.64. The summed E-state index contributed by atoms with van der Waals surface area (Å²) >= 11 is 0. The number of hydrogen-bond acceptors (Lipinski definition) is 8. The molecule has 2 fully saturated rings. The minimum absolute atomic E-state index is 0.00164. The first-order valence-electron chi connectivity index (χ1n) is 11.3. The van der Waals surface area contributed by atoms with Crippen molar-refractivity contribution in [3.05, 3.63) is 35.9 Å². The molecule has 2 aliphatic heterocycles. The lowest BCUT2D eigenvalue weighted by atomic mass is 10.2. The van der Waals surface area contributed by atoms with Gasteiger partial charge in [-0.15, -0.1) is 0 Å². The Hall–Kier alpha value is -3.16. The summed E-state index contributed by atoms with van der Waals surface area (Å²) in [5.41, 5.74) is -0.857. The van der Waals surface area contributed by atoms with Gasteiger partial charge in [-0.2, -0.15) is 23.1 Å². The molecule has 190 valence electrons. The van der Waals surface area contributed by atoms with Crippen LogP contribution in [-0.2, 0) is 15.7 Å². The average molecular weight is 496 g/mol. The molecule has 0 spiro atoms. The third-order valence-electron chi connectivity index (χ3n) is 5.46. The average Bonchev–Trinajstić information content (AvgIpc) is 2.85. The number of amides is 2. The summed E-state index contributed by atoms with van der Waals surface area (Å²) in [7, 11) is 0. The summed E-state index contributed by atoms with van der Waals surface area (Å²) in [5, 5.41) is 4.97. The standard InChI is InChI=1S/C22H27F3N6O4/c23-22(24,25)16-2-1-3-17(14-16)26-20(32)27-18-15-19(31-7-11-34-12-8-31)29-21(28-18)35-13-6-30-4-9-33-10-5-30/h1-3,14-15H,4-13H2,(H2,26,27,28,29,32). The summed E-state index contributed by atoms with van der Waals surface area (Å²) in [5.74, 6) is 0.714. The highest BCUT2D eigenvalue weighted by Gasteiger charge is 2.30. The number of rotatable bonds is 7. The highest BCUT2D eigenvalue weighted by Crippen LogP contribution is 2.30. The van der Waals surface area contributed by atoms with Crippen LogP contribution in [0.5, 0.6) is 6.01 Å². The van der Waals surface area contributed by atoms with Gasteiger partial charge in [0.1, 0.15) is 18.2 Å². The quantitative estimate of drug-likeness (QED) is 0.604. The summed E-state index contributed by atoms with van der Waals surface area (Å²) in [6, 6.07) is 5.33. The van der Waals surface area contributed by atoms with Gasteiger partial charge in [-0.25, -0.2) is 4.79 Å². The second-order valence-corrected chi connectivity index (χ2v) is 7.95. The van der Waals surface area contributed by atoms with E-state index in [0.29, 0.717) is 58.5 Å². The zero-order valence-corrected chi connectivity index (χ0v) is 19.0. The van der Waals surface area contributed by atoms with Crippen LogP contribution in [0.1, 0.15) is 5.56 Å². The number of carbonyl (C=O) groups excluding carboxylic acids is 1. The minimum Gasteiger partial charge on any atom is -0.462 e. The molecule has 3 heterocycles. The Bertz CT molecular complexity index is 997. The van der Waals surface area contributed by atoms with E-state index in [2.05, 4.69) is 25.5 Å². The number of carbonyl (C=O) groups is 1. The second-order valence-electron chi connectivity index (χ2n) is 7.95. The molecule has 0 unspecified atom stereocenters. The Morgan fingerprint density at radius 2 is 1.71 bits per heavy atom. The molecule has 0 bridgehead atoms. The number of morpholine rings is 2. The van der Waals surface area contributed by atoms with Crippen LogP contribution in [0.25, 0.3) is 0 Å². The van der Waals surface area contributed by atoms with E-state index in [0.717, 1.165) is 25.2 Å². The van der Waals surface area contributed by atoms with Gasteiger partial charge in [0, 0.05) is 44.5 Å². The van der Waals surface area contributed by atoms with Crippen LogP contribution in [0.4, 0.5) is 35.3 Å². The van der Waals surface area contributed by atoms with E-state index in [1.165, 1.54) is 12.1 Å². The lowest BCUT2D eigenvalue weighted by Crippen LogP contribution is -2.39. The first-order chi connectivity index (χ1) is 16.9. The van der Waals surface area contributed by atoms with E-state index >= 15 is 0 Å². The molecule has 4 rings (SSSR count). The summed E-state index contributed by atoms with van der Waals surface area (Å²) in [6.45, 7) is 6.32. The summed E-state index contributed by atoms with van der Waals surface area (Å²) < 4.78 is 55.4. The predicted molar refractivity (Wildman–Crippen MR) is 122 cm³/mol. The first kappa shape index (κ1) is 24.9. The number of anilines is 3. The highest BCUT2D eigenvalue weighted by molar-refractivity contribution is 5.99. The van der Waals surface area contributed by atoms with Gasteiger partial charge in [0.15, 0.2) is 0 Å². The van der Waals surface area contributed by atoms with Crippen molar-refractivity contribution in [1.82, 2.24) is 14.9 Å². The Morgan fingerprint density at radius 1 is 1.00 bits per heavy atom. The fourth-order valence-corrected chi connectivity index (χ4v) is 3.64. The van der Waals surface area contributed by atoms with Crippen molar-refractivity contribution in [1.29, 1.82) is 0 Å². The maximum Gasteiger partial charge on any atom is 0.416 e. The fraction of sp³-hybridized carbons (Fsp3) is 0.500. The third-order valence-corrected chi connectivity index (χ3v) is 5.46. The number of alkyl halides is 3. The third kappa shape index (κ3) is 7.41. The molecular formula is C22H27F3N6O4. The van der Waals surface area contributed by atoms with Crippen molar-refractivity contribution in [3.63, 3.8) is 0 Å². The van der Waals surface area contributed by atoms with Crippen molar-refractivity contribution < 1.29 is 32.2 Å². The number of hydrogen-bond donors (Lipinski definition) is 2. The topological polar surface area (TPSA) is 101 Å². The minimum atomic E-state index is -4.51. The van der Waals surface area contributed by atoms with Crippen molar-refractivity contribution in [2.45, 2.75) is 6.18 Å². The van der Waals surface area contributed by atoms with Crippen LogP contribution >= 0.6 is 0 Å². The van der Waals surface area contributed by atoms with Crippen LogP contribution in [0.3, 0.4) is 0 Å². The van der Waals surface area contributed by atoms with E-state index < -0.39 is 17.8 Å². The second kappa shape index (κ2) is 11.5. The highest BCUT2D eigenvalue weighted by atomic mass is 19.4. The maximum atomic E-state index is 13.0. The Labute approximate surface area is 200 Å². The molecule has 2 N–H and O–H groups in total. The number of benzene rings is 1. The predicted octanol–water partition coefficient (Wildman–Crippen LogP) is 2.69. The van der Waals surface area contributed by atoms with Crippen LogP contribution in [0.2, 0.25) is 0 Å². The number of urea groups is 1. The normalized spacial score (nSPS) is 17.2. The molecule has 0 atom stereocenters. The van der Waals surface area contributed by atoms with E-state index in [-0.39, 0.29) is 17.5 Å². The van der Waals surface area contributed by atoms with Crippen LogP contribution in [0, 0.1) is 0 Å².